The minimum atomic E-state index is -0.494. The number of carbonyl (C=O) groups is 2. The Bertz CT molecular complexity index is 519. The zero-order valence-electron chi connectivity index (χ0n) is 12.6. The third-order valence-corrected chi connectivity index (χ3v) is 3.08. The van der Waals surface area contributed by atoms with Crippen molar-refractivity contribution in [1.82, 2.24) is 14.9 Å². The molecule has 0 atom stereocenters. The molecule has 1 aromatic heterocycles. The van der Waals surface area contributed by atoms with Crippen LogP contribution in [0.2, 0.25) is 0 Å². The smallest absolute Gasteiger partial charge is 0.410 e. The second-order valence-electron chi connectivity index (χ2n) is 5.87. The van der Waals surface area contributed by atoms with Crippen molar-refractivity contribution in [2.75, 3.05) is 31.1 Å². The Hall–Kier alpha value is -2.18. The highest BCUT2D eigenvalue weighted by Gasteiger charge is 2.27. The molecule has 7 heteroatoms. The number of nitrogens with zero attached hydrogens (tertiary/aromatic N) is 4. The maximum atomic E-state index is 12.0. The number of rotatable bonds is 2. The van der Waals surface area contributed by atoms with Crippen LogP contribution in [-0.2, 0) is 4.74 Å². The van der Waals surface area contributed by atoms with E-state index in [4.69, 9.17) is 4.74 Å². The SMILES string of the molecule is CC(C)(C)OC(=O)N1CCN(c2ncncc2C=O)CC1. The lowest BCUT2D eigenvalue weighted by Crippen LogP contribution is -2.50. The van der Waals surface area contributed by atoms with Crippen LogP contribution in [0.5, 0.6) is 0 Å². The first-order valence-electron chi connectivity index (χ1n) is 6.89. The summed E-state index contributed by atoms with van der Waals surface area (Å²) >= 11 is 0. The number of hydrogen-bond donors (Lipinski definition) is 0. The summed E-state index contributed by atoms with van der Waals surface area (Å²) in [5, 5.41) is 0. The largest absolute Gasteiger partial charge is 0.444 e. The quantitative estimate of drug-likeness (QED) is 0.766. The van der Waals surface area contributed by atoms with Crippen molar-refractivity contribution in [1.29, 1.82) is 0 Å². The highest BCUT2D eigenvalue weighted by atomic mass is 16.6. The summed E-state index contributed by atoms with van der Waals surface area (Å²) in [5.41, 5.74) is -0.0332. The summed E-state index contributed by atoms with van der Waals surface area (Å²) in [6.45, 7) is 7.83. The van der Waals surface area contributed by atoms with E-state index >= 15 is 0 Å². The van der Waals surface area contributed by atoms with E-state index in [1.165, 1.54) is 12.5 Å². The van der Waals surface area contributed by atoms with E-state index in [0.29, 0.717) is 37.6 Å². The van der Waals surface area contributed by atoms with Gasteiger partial charge in [0.1, 0.15) is 17.7 Å². The van der Waals surface area contributed by atoms with Gasteiger partial charge in [-0.3, -0.25) is 4.79 Å². The molecule has 0 radical (unpaired) electrons. The maximum Gasteiger partial charge on any atom is 0.410 e. The fourth-order valence-electron chi connectivity index (χ4n) is 2.11. The number of piperazine rings is 1. The molecular weight excluding hydrogens is 272 g/mol. The Balaban J connectivity index is 1.97. The molecule has 2 rings (SSSR count). The molecule has 114 valence electrons. The maximum absolute atomic E-state index is 12.0. The molecule has 7 nitrogen and oxygen atoms in total. The summed E-state index contributed by atoms with van der Waals surface area (Å²) in [5.74, 6) is 0.615. The Morgan fingerprint density at radius 2 is 1.95 bits per heavy atom. The highest BCUT2D eigenvalue weighted by Crippen LogP contribution is 2.18. The van der Waals surface area contributed by atoms with Crippen molar-refractivity contribution in [2.45, 2.75) is 26.4 Å². The van der Waals surface area contributed by atoms with Gasteiger partial charge in [-0.15, -0.1) is 0 Å². The molecule has 1 saturated heterocycles. The van der Waals surface area contributed by atoms with E-state index in [2.05, 4.69) is 9.97 Å². The van der Waals surface area contributed by atoms with Gasteiger partial charge in [0.05, 0.1) is 5.56 Å². The lowest BCUT2D eigenvalue weighted by Gasteiger charge is -2.36. The van der Waals surface area contributed by atoms with Crippen molar-refractivity contribution in [3.8, 4) is 0 Å². The van der Waals surface area contributed by atoms with Crippen LogP contribution in [0.15, 0.2) is 12.5 Å². The van der Waals surface area contributed by atoms with E-state index in [0.717, 1.165) is 6.29 Å². The third-order valence-electron chi connectivity index (χ3n) is 3.08. The fraction of sp³-hybridized carbons (Fsp3) is 0.571. The van der Waals surface area contributed by atoms with Gasteiger partial charge >= 0.3 is 6.09 Å². The Kier molecular flexibility index (Phi) is 4.40. The predicted molar refractivity (Wildman–Crippen MR) is 77.4 cm³/mol. The summed E-state index contributed by atoms with van der Waals surface area (Å²) in [7, 11) is 0. The molecule has 1 amide bonds. The second-order valence-corrected chi connectivity index (χ2v) is 5.87. The van der Waals surface area contributed by atoms with Crippen LogP contribution in [0.3, 0.4) is 0 Å². The molecule has 0 spiro atoms. The van der Waals surface area contributed by atoms with Gasteiger partial charge in [-0.05, 0) is 20.8 Å². The lowest BCUT2D eigenvalue weighted by molar-refractivity contribution is 0.0240. The van der Waals surface area contributed by atoms with Gasteiger partial charge in [-0.25, -0.2) is 14.8 Å². The van der Waals surface area contributed by atoms with Crippen LogP contribution in [0.1, 0.15) is 31.1 Å². The molecular formula is C14H20N4O3. The Morgan fingerprint density at radius 3 is 2.52 bits per heavy atom. The van der Waals surface area contributed by atoms with Crippen molar-refractivity contribution in [2.24, 2.45) is 0 Å². The zero-order valence-corrected chi connectivity index (χ0v) is 12.6. The molecule has 0 bridgehead atoms. The van der Waals surface area contributed by atoms with Gasteiger partial charge in [0.15, 0.2) is 6.29 Å². The molecule has 21 heavy (non-hydrogen) atoms. The highest BCUT2D eigenvalue weighted by molar-refractivity contribution is 5.82. The van der Waals surface area contributed by atoms with E-state index < -0.39 is 5.60 Å². The molecule has 0 aromatic carbocycles. The first-order chi connectivity index (χ1) is 9.90. The van der Waals surface area contributed by atoms with Gasteiger partial charge in [0.2, 0.25) is 0 Å². The summed E-state index contributed by atoms with van der Waals surface area (Å²) in [6, 6.07) is 0. The summed E-state index contributed by atoms with van der Waals surface area (Å²) in [6.07, 6.45) is 3.36. The van der Waals surface area contributed by atoms with Gasteiger partial charge in [0.25, 0.3) is 0 Å². The van der Waals surface area contributed by atoms with Gasteiger partial charge in [-0.2, -0.15) is 0 Å². The number of anilines is 1. The zero-order chi connectivity index (χ0) is 15.5. The number of aromatic nitrogens is 2. The number of carbonyl (C=O) groups excluding carboxylic acids is 2. The van der Waals surface area contributed by atoms with E-state index in [-0.39, 0.29) is 6.09 Å². The summed E-state index contributed by atoms with van der Waals surface area (Å²) < 4.78 is 5.35. The van der Waals surface area contributed by atoms with Crippen molar-refractivity contribution < 1.29 is 14.3 Å². The van der Waals surface area contributed by atoms with Crippen LogP contribution < -0.4 is 4.90 Å². The number of aldehydes is 1. The molecule has 2 heterocycles. The topological polar surface area (TPSA) is 75.6 Å². The molecule has 0 saturated carbocycles. The van der Waals surface area contributed by atoms with Crippen molar-refractivity contribution in [3.05, 3.63) is 18.1 Å². The standard InChI is InChI=1S/C14H20N4O3/c1-14(2,3)21-13(20)18-6-4-17(5-7-18)12-11(9-19)8-15-10-16-12/h8-10H,4-7H2,1-3H3. The number of ether oxygens (including phenoxy) is 1. The number of hydrogen-bond acceptors (Lipinski definition) is 6. The summed E-state index contributed by atoms with van der Waals surface area (Å²) in [4.78, 5) is 34.6. The lowest BCUT2D eigenvalue weighted by atomic mass is 10.2. The van der Waals surface area contributed by atoms with E-state index in [9.17, 15) is 9.59 Å². The van der Waals surface area contributed by atoms with Gasteiger partial charge < -0.3 is 14.5 Å². The van der Waals surface area contributed by atoms with Crippen molar-refractivity contribution >= 4 is 18.2 Å². The molecule has 0 aliphatic carbocycles. The van der Waals surface area contributed by atoms with Crippen LogP contribution in [-0.4, -0.2) is 59.0 Å². The molecule has 0 unspecified atom stereocenters. The normalized spacial score (nSPS) is 15.8. The Labute approximate surface area is 123 Å². The number of amides is 1. The first-order valence-corrected chi connectivity index (χ1v) is 6.89. The Morgan fingerprint density at radius 1 is 1.29 bits per heavy atom. The molecule has 1 aliphatic rings. The fourth-order valence-corrected chi connectivity index (χ4v) is 2.11. The minimum absolute atomic E-state index is 0.305. The van der Waals surface area contributed by atoms with E-state index in [1.54, 1.807) is 4.90 Å². The second kappa shape index (κ2) is 6.07. The first kappa shape index (κ1) is 15.2. The van der Waals surface area contributed by atoms with Crippen LogP contribution in [0.4, 0.5) is 10.6 Å². The minimum Gasteiger partial charge on any atom is -0.444 e. The van der Waals surface area contributed by atoms with E-state index in [1.807, 2.05) is 25.7 Å². The monoisotopic (exact) mass is 292 g/mol. The molecule has 1 aliphatic heterocycles. The third kappa shape index (κ3) is 3.90. The van der Waals surface area contributed by atoms with Gasteiger partial charge in [0, 0.05) is 32.4 Å². The van der Waals surface area contributed by atoms with Crippen LogP contribution in [0.25, 0.3) is 0 Å². The van der Waals surface area contributed by atoms with Crippen LogP contribution in [0, 0.1) is 0 Å². The molecule has 0 N–H and O–H groups in total. The van der Waals surface area contributed by atoms with Gasteiger partial charge in [-0.1, -0.05) is 0 Å². The van der Waals surface area contributed by atoms with Crippen LogP contribution >= 0.6 is 0 Å². The molecule has 1 aromatic rings. The predicted octanol–water partition coefficient (Wildman–Crippen LogP) is 1.35. The van der Waals surface area contributed by atoms with Crippen molar-refractivity contribution in [3.63, 3.8) is 0 Å². The average Bonchev–Trinajstić information content (AvgIpc) is 2.45. The average molecular weight is 292 g/mol. The molecule has 1 fully saturated rings.